The van der Waals surface area contributed by atoms with Crippen molar-refractivity contribution in [3.05, 3.63) is 100 Å². The molecule has 1 N–H and O–H groups in total. The molecule has 0 saturated heterocycles. The van der Waals surface area contributed by atoms with Gasteiger partial charge in [-0.25, -0.2) is 9.59 Å². The summed E-state index contributed by atoms with van der Waals surface area (Å²) in [5.41, 5.74) is 6.08. The Hall–Kier alpha value is -4.56. The minimum Gasteiger partial charge on any atom is -0.496 e. The molecule has 1 fully saturated rings. The van der Waals surface area contributed by atoms with Gasteiger partial charge < -0.3 is 18.8 Å². The number of rotatable bonds is 10. The molecule has 5 aromatic rings. The number of benzene rings is 3. The number of hydrogen-bond acceptors (Lipinski definition) is 6. The Kier molecular flexibility index (Phi) is 9.21. The summed E-state index contributed by atoms with van der Waals surface area (Å²) >= 11 is 6.19. The molecule has 45 heavy (non-hydrogen) atoms. The Balaban J connectivity index is 1.26. The summed E-state index contributed by atoms with van der Waals surface area (Å²) in [5.74, 6) is 0.191. The van der Waals surface area contributed by atoms with E-state index in [2.05, 4.69) is 28.2 Å². The number of nitrogens with one attached hydrogen (secondary N) is 1. The van der Waals surface area contributed by atoms with E-state index in [9.17, 15) is 9.59 Å². The number of amides is 1. The van der Waals surface area contributed by atoms with Crippen molar-refractivity contribution in [2.75, 3.05) is 19.5 Å². The third-order valence-corrected chi connectivity index (χ3v) is 8.65. The van der Waals surface area contributed by atoms with E-state index in [-0.39, 0.29) is 6.10 Å². The van der Waals surface area contributed by atoms with Crippen LogP contribution in [0.4, 0.5) is 10.5 Å². The van der Waals surface area contributed by atoms with E-state index in [4.69, 9.17) is 30.8 Å². The van der Waals surface area contributed by atoms with Crippen molar-refractivity contribution in [2.24, 2.45) is 0 Å². The van der Waals surface area contributed by atoms with Gasteiger partial charge in [-0.1, -0.05) is 29.8 Å². The first-order valence-electron chi connectivity index (χ1n) is 15.3. The van der Waals surface area contributed by atoms with Gasteiger partial charge in [0.2, 0.25) is 0 Å². The van der Waals surface area contributed by atoms with Gasteiger partial charge >= 0.3 is 12.1 Å². The molecule has 1 saturated carbocycles. The number of aromatic nitrogens is 2. The van der Waals surface area contributed by atoms with Crippen molar-refractivity contribution < 1.29 is 23.8 Å². The second-order valence-corrected chi connectivity index (χ2v) is 11.9. The van der Waals surface area contributed by atoms with Crippen molar-refractivity contribution in [1.29, 1.82) is 0 Å². The number of halogens is 1. The number of esters is 1. The van der Waals surface area contributed by atoms with Gasteiger partial charge in [0.1, 0.15) is 11.9 Å². The lowest BCUT2D eigenvalue weighted by Gasteiger charge is -2.13. The van der Waals surface area contributed by atoms with Gasteiger partial charge in [0.05, 0.1) is 25.3 Å². The summed E-state index contributed by atoms with van der Waals surface area (Å²) in [6, 6.07) is 21.2. The molecule has 0 radical (unpaired) electrons. The molecule has 2 aromatic heterocycles. The number of nitrogens with zero attached hydrogens (tertiary/aromatic N) is 2. The second kappa shape index (κ2) is 13.6. The standard InChI is InChI=1S/C36H36ClN3O5/c1-43-34-19-25(35(41)44-2)10-9-24(34)18-26-22-40(17-5-6-28-14-12-23-11-13-27(37)20-32(23)38-28)33-16-15-29(21-31(26)33)39-36(42)45-30-7-3-4-8-30/h9-16,19-22,30H,3-8,17-18H2,1-2H3,(H,39,42). The Morgan fingerprint density at radius 1 is 0.978 bits per heavy atom. The zero-order valence-electron chi connectivity index (χ0n) is 25.5. The molecule has 1 amide bonds. The summed E-state index contributed by atoms with van der Waals surface area (Å²) < 4.78 is 18.4. The highest BCUT2D eigenvalue weighted by atomic mass is 35.5. The van der Waals surface area contributed by atoms with Crippen molar-refractivity contribution in [3.63, 3.8) is 0 Å². The normalized spacial score (nSPS) is 13.3. The van der Waals surface area contributed by atoms with Gasteiger partial charge in [0.25, 0.3) is 0 Å². The molecule has 6 rings (SSSR count). The fourth-order valence-corrected chi connectivity index (χ4v) is 6.29. The van der Waals surface area contributed by atoms with Crippen molar-refractivity contribution in [2.45, 2.75) is 57.6 Å². The Bertz CT molecular complexity index is 1860. The minimum absolute atomic E-state index is 0.0140. The van der Waals surface area contributed by atoms with Gasteiger partial charge in [-0.3, -0.25) is 10.3 Å². The number of pyridine rings is 1. The van der Waals surface area contributed by atoms with Crippen LogP contribution in [-0.2, 0) is 28.9 Å². The van der Waals surface area contributed by atoms with Crippen LogP contribution in [-0.4, -0.2) is 41.9 Å². The lowest BCUT2D eigenvalue weighted by Crippen LogP contribution is -2.20. The summed E-state index contributed by atoms with van der Waals surface area (Å²) in [7, 11) is 2.95. The number of carbonyl (C=O) groups excluding carboxylic acids is 2. The average Bonchev–Trinajstić information content (AvgIpc) is 3.68. The number of hydrogen-bond donors (Lipinski definition) is 1. The summed E-state index contributed by atoms with van der Waals surface area (Å²) in [4.78, 5) is 29.6. The lowest BCUT2D eigenvalue weighted by atomic mass is 10.0. The van der Waals surface area contributed by atoms with Gasteiger partial charge in [-0.05, 0) is 98.2 Å². The molecule has 0 atom stereocenters. The van der Waals surface area contributed by atoms with Crippen molar-refractivity contribution in [1.82, 2.24) is 9.55 Å². The van der Waals surface area contributed by atoms with E-state index in [1.807, 2.05) is 42.5 Å². The number of carbonyl (C=O) groups is 2. The maximum Gasteiger partial charge on any atom is 0.411 e. The molecular formula is C36H36ClN3O5. The van der Waals surface area contributed by atoms with E-state index in [1.165, 1.54) is 7.11 Å². The predicted molar refractivity (Wildman–Crippen MR) is 177 cm³/mol. The van der Waals surface area contributed by atoms with Crippen LogP contribution in [0.5, 0.6) is 5.75 Å². The Morgan fingerprint density at radius 3 is 2.60 bits per heavy atom. The van der Waals surface area contributed by atoms with E-state index in [0.29, 0.717) is 28.4 Å². The molecule has 0 unspecified atom stereocenters. The summed E-state index contributed by atoms with van der Waals surface area (Å²) in [6.07, 6.45) is 8.00. The SMILES string of the molecule is COC(=O)c1ccc(Cc2cn(CCCc3ccc4ccc(Cl)cc4n3)c3ccc(NC(=O)OC4CCCC4)cc23)c(OC)c1. The highest BCUT2D eigenvalue weighted by molar-refractivity contribution is 6.31. The van der Waals surface area contributed by atoms with E-state index < -0.39 is 12.1 Å². The smallest absolute Gasteiger partial charge is 0.411 e. The largest absolute Gasteiger partial charge is 0.496 e. The first-order chi connectivity index (χ1) is 21.9. The van der Waals surface area contributed by atoms with Crippen LogP contribution in [0.1, 0.15) is 59.3 Å². The van der Waals surface area contributed by atoms with Crippen LogP contribution in [0, 0.1) is 0 Å². The van der Waals surface area contributed by atoms with Gasteiger partial charge in [-0.2, -0.15) is 0 Å². The van der Waals surface area contributed by atoms with Crippen LogP contribution in [0.2, 0.25) is 5.02 Å². The molecule has 9 heteroatoms. The molecule has 1 aliphatic carbocycles. The fourth-order valence-electron chi connectivity index (χ4n) is 6.12. The molecular weight excluding hydrogens is 590 g/mol. The zero-order valence-corrected chi connectivity index (χ0v) is 26.2. The molecule has 0 aliphatic heterocycles. The maximum absolute atomic E-state index is 12.7. The van der Waals surface area contributed by atoms with Crippen LogP contribution in [0.15, 0.2) is 72.9 Å². The summed E-state index contributed by atoms with van der Waals surface area (Å²) in [6.45, 7) is 0.778. The minimum atomic E-state index is -0.425. The van der Waals surface area contributed by atoms with Crippen LogP contribution in [0.25, 0.3) is 21.8 Å². The second-order valence-electron chi connectivity index (χ2n) is 11.5. The van der Waals surface area contributed by atoms with Crippen LogP contribution in [0.3, 0.4) is 0 Å². The molecule has 3 aromatic carbocycles. The number of ether oxygens (including phenoxy) is 3. The summed E-state index contributed by atoms with van der Waals surface area (Å²) in [5, 5.41) is 5.69. The molecule has 1 aliphatic rings. The predicted octanol–water partition coefficient (Wildman–Crippen LogP) is 8.35. The van der Waals surface area contributed by atoms with Crippen molar-refractivity contribution >= 4 is 51.2 Å². The maximum atomic E-state index is 12.7. The number of methoxy groups -OCH3 is 2. The molecule has 8 nitrogen and oxygen atoms in total. The quantitative estimate of drug-likeness (QED) is 0.157. The molecule has 2 heterocycles. The van der Waals surface area contributed by atoms with Crippen LogP contribution >= 0.6 is 11.6 Å². The first kappa shape index (κ1) is 30.5. The van der Waals surface area contributed by atoms with E-state index in [0.717, 1.165) is 83.7 Å². The van der Waals surface area contributed by atoms with Gasteiger partial charge in [0.15, 0.2) is 0 Å². The average molecular weight is 626 g/mol. The Labute approximate surface area is 267 Å². The molecule has 232 valence electrons. The van der Waals surface area contributed by atoms with E-state index >= 15 is 0 Å². The highest BCUT2D eigenvalue weighted by Crippen LogP contribution is 2.31. The first-order valence-corrected chi connectivity index (χ1v) is 15.7. The van der Waals surface area contributed by atoms with Crippen LogP contribution < -0.4 is 10.1 Å². The zero-order chi connectivity index (χ0) is 31.3. The van der Waals surface area contributed by atoms with Crippen molar-refractivity contribution in [3.8, 4) is 5.75 Å². The van der Waals surface area contributed by atoms with Gasteiger partial charge in [-0.15, -0.1) is 0 Å². The Morgan fingerprint density at radius 2 is 1.80 bits per heavy atom. The molecule has 0 spiro atoms. The monoisotopic (exact) mass is 625 g/mol. The lowest BCUT2D eigenvalue weighted by molar-refractivity contribution is 0.0600. The topological polar surface area (TPSA) is 91.7 Å². The number of aryl methyl sites for hydroxylation is 2. The third kappa shape index (κ3) is 7.07. The fraction of sp³-hybridized carbons (Fsp3) is 0.306. The number of anilines is 1. The highest BCUT2D eigenvalue weighted by Gasteiger charge is 2.20. The molecule has 0 bridgehead atoms. The van der Waals surface area contributed by atoms with E-state index in [1.54, 1.807) is 19.2 Å². The van der Waals surface area contributed by atoms with Gasteiger partial charge in [0, 0.05) is 51.9 Å². The third-order valence-electron chi connectivity index (χ3n) is 8.42. The number of fused-ring (bicyclic) bond motifs is 2.